The highest BCUT2D eigenvalue weighted by molar-refractivity contribution is 4.92. The monoisotopic (exact) mass is 246 g/mol. The molecule has 102 valence electrons. The molecule has 17 heavy (non-hydrogen) atoms. The van der Waals surface area contributed by atoms with Gasteiger partial charge in [-0.05, 0) is 20.3 Å². The van der Waals surface area contributed by atoms with Crippen LogP contribution in [0.2, 0.25) is 0 Å². The first-order chi connectivity index (χ1) is 8.08. The Hall–Kier alpha value is -0.200. The van der Waals surface area contributed by atoms with Gasteiger partial charge in [0.1, 0.15) is 0 Å². The van der Waals surface area contributed by atoms with E-state index in [9.17, 15) is 0 Å². The van der Waals surface area contributed by atoms with Gasteiger partial charge in [-0.1, -0.05) is 0 Å². The van der Waals surface area contributed by atoms with E-state index in [1.807, 2.05) is 0 Å². The molecule has 1 rings (SSSR count). The summed E-state index contributed by atoms with van der Waals surface area (Å²) < 4.78 is 16.5. The Morgan fingerprint density at radius 1 is 1.47 bits per heavy atom. The first-order valence-corrected chi connectivity index (χ1v) is 6.20. The quantitative estimate of drug-likeness (QED) is 0.713. The fraction of sp³-hybridized carbons (Fsp3) is 1.00. The summed E-state index contributed by atoms with van der Waals surface area (Å²) in [5.74, 6) is 0. The smallest absolute Gasteiger partial charge is 0.176 e. The summed E-state index contributed by atoms with van der Waals surface area (Å²) >= 11 is 0. The maximum absolute atomic E-state index is 5.94. The first-order valence-electron chi connectivity index (χ1n) is 6.20. The number of hydrogen-bond donors (Lipinski definition) is 1. The molecule has 0 amide bonds. The zero-order valence-electron chi connectivity index (χ0n) is 11.4. The summed E-state index contributed by atoms with van der Waals surface area (Å²) in [4.78, 5) is 2.32. The van der Waals surface area contributed by atoms with Crippen molar-refractivity contribution in [3.05, 3.63) is 0 Å². The Bertz CT molecular complexity index is 224. The van der Waals surface area contributed by atoms with Gasteiger partial charge >= 0.3 is 0 Å². The van der Waals surface area contributed by atoms with Crippen LogP contribution in [0.1, 0.15) is 20.3 Å². The second-order valence-electron chi connectivity index (χ2n) is 4.85. The predicted molar refractivity (Wildman–Crippen MR) is 66.9 cm³/mol. The lowest BCUT2D eigenvalue weighted by atomic mass is 9.98. The lowest BCUT2D eigenvalue weighted by molar-refractivity contribution is -0.182. The molecule has 1 saturated heterocycles. The van der Waals surface area contributed by atoms with E-state index in [0.29, 0.717) is 6.54 Å². The van der Waals surface area contributed by atoms with Crippen molar-refractivity contribution in [3.8, 4) is 0 Å². The Morgan fingerprint density at radius 3 is 2.65 bits per heavy atom. The second-order valence-corrected chi connectivity index (χ2v) is 4.85. The van der Waals surface area contributed by atoms with E-state index in [4.69, 9.17) is 19.9 Å². The summed E-state index contributed by atoms with van der Waals surface area (Å²) in [7, 11) is 3.31. The van der Waals surface area contributed by atoms with E-state index in [-0.39, 0.29) is 17.9 Å². The van der Waals surface area contributed by atoms with Gasteiger partial charge in [0, 0.05) is 40.5 Å². The molecule has 1 aliphatic heterocycles. The molecule has 5 nitrogen and oxygen atoms in total. The average Bonchev–Trinajstić information content (AvgIpc) is 2.55. The van der Waals surface area contributed by atoms with E-state index < -0.39 is 0 Å². The molecular weight excluding hydrogens is 220 g/mol. The summed E-state index contributed by atoms with van der Waals surface area (Å²) in [6.45, 7) is 7.29. The molecule has 0 aromatic rings. The van der Waals surface area contributed by atoms with Crippen LogP contribution >= 0.6 is 0 Å². The minimum absolute atomic E-state index is 0.220. The average molecular weight is 246 g/mol. The molecule has 2 atom stereocenters. The molecule has 1 heterocycles. The number of rotatable bonds is 5. The van der Waals surface area contributed by atoms with Gasteiger partial charge in [0.25, 0.3) is 0 Å². The van der Waals surface area contributed by atoms with Crippen molar-refractivity contribution in [2.75, 3.05) is 40.5 Å². The Labute approximate surface area is 104 Å². The van der Waals surface area contributed by atoms with Crippen LogP contribution in [0, 0.1) is 0 Å². The minimum atomic E-state index is -0.321. The molecule has 5 heteroatoms. The van der Waals surface area contributed by atoms with E-state index in [2.05, 4.69) is 18.7 Å². The molecule has 0 aromatic heterocycles. The van der Waals surface area contributed by atoms with Gasteiger partial charge < -0.3 is 19.9 Å². The van der Waals surface area contributed by atoms with Crippen molar-refractivity contribution < 1.29 is 14.2 Å². The lowest BCUT2D eigenvalue weighted by Gasteiger charge is -2.44. The zero-order chi connectivity index (χ0) is 12.9. The van der Waals surface area contributed by atoms with Gasteiger partial charge in [-0.3, -0.25) is 4.90 Å². The SMILES string of the molecule is COC(OC)C(C)(CN)N1CCCOC(C)C1. The van der Waals surface area contributed by atoms with Gasteiger partial charge in [-0.15, -0.1) is 0 Å². The maximum atomic E-state index is 5.94. The number of nitrogens with two attached hydrogens (primary N) is 1. The van der Waals surface area contributed by atoms with Crippen molar-refractivity contribution in [3.63, 3.8) is 0 Å². The minimum Gasteiger partial charge on any atom is -0.377 e. The summed E-state index contributed by atoms with van der Waals surface area (Å²) in [5.41, 5.74) is 5.63. The lowest BCUT2D eigenvalue weighted by Crippen LogP contribution is -2.61. The maximum Gasteiger partial charge on any atom is 0.176 e. The molecule has 0 aromatic carbocycles. The highest BCUT2D eigenvalue weighted by Gasteiger charge is 2.40. The standard InChI is InChI=1S/C12H26N2O3/c1-10-8-14(6-5-7-17-10)12(2,9-13)11(15-3)16-4/h10-11H,5-9,13H2,1-4H3. The summed E-state index contributed by atoms with van der Waals surface area (Å²) in [6, 6.07) is 0. The van der Waals surface area contributed by atoms with E-state index in [1.165, 1.54) is 0 Å². The van der Waals surface area contributed by atoms with Crippen molar-refractivity contribution in [2.24, 2.45) is 5.73 Å². The third-order valence-electron chi connectivity index (χ3n) is 3.52. The molecule has 0 radical (unpaired) electrons. The van der Waals surface area contributed by atoms with Gasteiger partial charge in [0.05, 0.1) is 11.6 Å². The Balaban J connectivity index is 2.82. The number of ether oxygens (including phenoxy) is 3. The number of methoxy groups -OCH3 is 2. The van der Waals surface area contributed by atoms with Gasteiger partial charge in [0.15, 0.2) is 6.29 Å². The van der Waals surface area contributed by atoms with E-state index >= 15 is 0 Å². The van der Waals surface area contributed by atoms with Crippen molar-refractivity contribution in [1.82, 2.24) is 4.90 Å². The van der Waals surface area contributed by atoms with Crippen LogP contribution in [-0.4, -0.2) is 63.3 Å². The molecular formula is C12H26N2O3. The summed E-state index contributed by atoms with van der Waals surface area (Å²) in [6.07, 6.45) is 0.913. The van der Waals surface area contributed by atoms with Crippen LogP contribution in [0.15, 0.2) is 0 Å². The Kier molecular flexibility index (Phi) is 5.82. The topological polar surface area (TPSA) is 57.0 Å². The van der Waals surface area contributed by atoms with Crippen LogP contribution in [-0.2, 0) is 14.2 Å². The van der Waals surface area contributed by atoms with Crippen LogP contribution in [0.5, 0.6) is 0 Å². The molecule has 0 aliphatic carbocycles. The largest absolute Gasteiger partial charge is 0.377 e. The normalized spacial score (nSPS) is 26.8. The fourth-order valence-corrected chi connectivity index (χ4v) is 2.44. The third-order valence-corrected chi connectivity index (χ3v) is 3.52. The van der Waals surface area contributed by atoms with Gasteiger partial charge in [-0.2, -0.15) is 0 Å². The third kappa shape index (κ3) is 3.39. The summed E-state index contributed by atoms with van der Waals surface area (Å²) in [5, 5.41) is 0. The predicted octanol–water partition coefficient (Wildman–Crippen LogP) is 0.434. The van der Waals surface area contributed by atoms with Crippen LogP contribution < -0.4 is 5.73 Å². The Morgan fingerprint density at radius 2 is 2.12 bits per heavy atom. The molecule has 2 unspecified atom stereocenters. The van der Waals surface area contributed by atoms with Gasteiger partial charge in [-0.25, -0.2) is 0 Å². The molecule has 1 aliphatic rings. The van der Waals surface area contributed by atoms with Gasteiger partial charge in [0.2, 0.25) is 0 Å². The van der Waals surface area contributed by atoms with Crippen LogP contribution in [0.25, 0.3) is 0 Å². The van der Waals surface area contributed by atoms with Crippen LogP contribution in [0.3, 0.4) is 0 Å². The first kappa shape index (κ1) is 14.9. The fourth-order valence-electron chi connectivity index (χ4n) is 2.44. The molecule has 2 N–H and O–H groups in total. The second kappa shape index (κ2) is 6.66. The number of hydrogen-bond acceptors (Lipinski definition) is 5. The number of nitrogens with zero attached hydrogens (tertiary/aromatic N) is 1. The van der Waals surface area contributed by atoms with Crippen molar-refractivity contribution in [1.29, 1.82) is 0 Å². The van der Waals surface area contributed by atoms with Crippen LogP contribution in [0.4, 0.5) is 0 Å². The van der Waals surface area contributed by atoms with E-state index in [0.717, 1.165) is 26.1 Å². The molecule has 0 bridgehead atoms. The highest BCUT2D eigenvalue weighted by atomic mass is 16.7. The van der Waals surface area contributed by atoms with Crippen molar-refractivity contribution in [2.45, 2.75) is 38.2 Å². The highest BCUT2D eigenvalue weighted by Crippen LogP contribution is 2.24. The molecule has 1 fully saturated rings. The zero-order valence-corrected chi connectivity index (χ0v) is 11.4. The van der Waals surface area contributed by atoms with E-state index in [1.54, 1.807) is 14.2 Å². The van der Waals surface area contributed by atoms with Crippen molar-refractivity contribution >= 4 is 0 Å². The molecule has 0 saturated carbocycles. The molecule has 0 spiro atoms.